The molecule has 1 nitrogen and oxygen atoms in total. The van der Waals surface area contributed by atoms with Crippen LogP contribution in [0.3, 0.4) is 0 Å². The summed E-state index contributed by atoms with van der Waals surface area (Å²) in [5, 5.41) is 2.33. The largest absolute Gasteiger partial charge is 0.456 e. The Kier molecular flexibility index (Phi) is 7.33. The Bertz CT molecular complexity index is 3440. The number of fused-ring (bicyclic) bond motifs is 13. The number of aryl methyl sites for hydroxylation is 1. The number of hydrogen-bond donors (Lipinski definition) is 0. The van der Waals surface area contributed by atoms with Gasteiger partial charge in [-0.15, -0.1) is 0 Å². The molecule has 0 fully saturated rings. The standard InChI is InChI=1S/C62H46O/c1-37-30-31-50-47(34-37)58-53(32-33-55-59(58)46-22-8-11-29-54(46)63-55)62(50,40-18-12-16-38(35-40)42-23-14-27-51-56(42)44-20-6-9-25-48(44)60(51,2)3)41-19-13-17-39(36-41)43-24-15-28-52-57(43)45-21-7-10-26-49(45)61(52,4)5/h6-36H,1-5H3. The number of furan rings is 1. The lowest BCUT2D eigenvalue weighted by Gasteiger charge is -2.35. The zero-order chi connectivity index (χ0) is 42.4. The minimum Gasteiger partial charge on any atom is -0.456 e. The van der Waals surface area contributed by atoms with E-state index in [2.05, 4.69) is 223 Å². The highest BCUT2D eigenvalue weighted by Crippen LogP contribution is 2.61. The van der Waals surface area contributed by atoms with Gasteiger partial charge < -0.3 is 4.42 Å². The van der Waals surface area contributed by atoms with Crippen molar-refractivity contribution < 1.29 is 4.42 Å². The average Bonchev–Trinajstić information content (AvgIpc) is 3.98. The third-order valence-electron chi connectivity index (χ3n) is 15.2. The van der Waals surface area contributed by atoms with Gasteiger partial charge in [0, 0.05) is 21.6 Å². The van der Waals surface area contributed by atoms with Crippen LogP contribution in [0, 0.1) is 6.92 Å². The van der Waals surface area contributed by atoms with E-state index in [-0.39, 0.29) is 10.8 Å². The molecule has 1 aromatic heterocycles. The smallest absolute Gasteiger partial charge is 0.136 e. The van der Waals surface area contributed by atoms with E-state index in [9.17, 15) is 0 Å². The third kappa shape index (κ3) is 4.72. The highest BCUT2D eigenvalue weighted by molar-refractivity contribution is 6.15. The van der Waals surface area contributed by atoms with Gasteiger partial charge in [0.1, 0.15) is 11.2 Å². The van der Waals surface area contributed by atoms with Gasteiger partial charge in [-0.3, -0.25) is 0 Å². The van der Waals surface area contributed by atoms with E-state index in [0.717, 1.165) is 16.6 Å². The van der Waals surface area contributed by atoms with Crippen molar-refractivity contribution in [3.8, 4) is 55.6 Å². The molecule has 300 valence electrons. The Hall–Kier alpha value is -7.22. The van der Waals surface area contributed by atoms with E-state index >= 15 is 0 Å². The Morgan fingerprint density at radius 1 is 0.349 bits per heavy atom. The lowest BCUT2D eigenvalue weighted by molar-refractivity contribution is 0.660. The first-order valence-corrected chi connectivity index (χ1v) is 22.4. The molecule has 9 aromatic carbocycles. The SMILES string of the molecule is Cc1ccc2c(c1)-c1c(ccc3oc4ccccc4c13)C2(c1cccc(-c2cccc3c2-c2ccccc2C3(C)C)c1)c1cccc(-c2cccc3c2-c2ccccc2C3(C)C)c1. The maximum absolute atomic E-state index is 6.63. The van der Waals surface area contributed by atoms with Crippen LogP contribution < -0.4 is 0 Å². The van der Waals surface area contributed by atoms with Crippen LogP contribution >= 0.6 is 0 Å². The lowest BCUT2D eigenvalue weighted by Crippen LogP contribution is -2.28. The number of hydrogen-bond acceptors (Lipinski definition) is 1. The second-order valence-electron chi connectivity index (χ2n) is 19.2. The fourth-order valence-electron chi connectivity index (χ4n) is 12.4. The van der Waals surface area contributed by atoms with Gasteiger partial charge in [0.15, 0.2) is 0 Å². The molecule has 0 bridgehead atoms. The van der Waals surface area contributed by atoms with Crippen molar-refractivity contribution in [2.75, 3.05) is 0 Å². The summed E-state index contributed by atoms with van der Waals surface area (Å²) in [4.78, 5) is 0. The Morgan fingerprint density at radius 2 is 0.857 bits per heavy atom. The monoisotopic (exact) mass is 806 g/mol. The Morgan fingerprint density at radius 3 is 1.48 bits per heavy atom. The molecule has 0 amide bonds. The van der Waals surface area contributed by atoms with Crippen LogP contribution in [-0.4, -0.2) is 0 Å². The molecule has 1 heterocycles. The molecular weight excluding hydrogens is 761 g/mol. The number of benzene rings is 9. The van der Waals surface area contributed by atoms with Gasteiger partial charge in [-0.25, -0.2) is 0 Å². The maximum Gasteiger partial charge on any atom is 0.136 e. The molecule has 0 saturated carbocycles. The van der Waals surface area contributed by atoms with Gasteiger partial charge in [0.05, 0.1) is 5.41 Å². The van der Waals surface area contributed by atoms with Gasteiger partial charge in [-0.2, -0.15) is 0 Å². The molecule has 0 unspecified atom stereocenters. The molecule has 13 rings (SSSR count). The topological polar surface area (TPSA) is 13.1 Å². The maximum atomic E-state index is 6.63. The number of para-hydroxylation sites is 1. The molecule has 0 saturated heterocycles. The van der Waals surface area contributed by atoms with Crippen molar-refractivity contribution in [1.82, 2.24) is 0 Å². The van der Waals surface area contributed by atoms with Gasteiger partial charge >= 0.3 is 0 Å². The predicted octanol–water partition coefficient (Wildman–Crippen LogP) is 16.2. The zero-order valence-corrected chi connectivity index (χ0v) is 36.3. The van der Waals surface area contributed by atoms with E-state index in [1.165, 1.54) is 111 Å². The summed E-state index contributed by atoms with van der Waals surface area (Å²) in [5.74, 6) is 0. The van der Waals surface area contributed by atoms with Crippen LogP contribution in [0.1, 0.15) is 77.8 Å². The molecule has 3 aliphatic rings. The Balaban J connectivity index is 1.12. The molecule has 3 aliphatic carbocycles. The van der Waals surface area contributed by atoms with Crippen molar-refractivity contribution in [2.24, 2.45) is 0 Å². The quantitative estimate of drug-likeness (QED) is 0.173. The van der Waals surface area contributed by atoms with Gasteiger partial charge in [0.2, 0.25) is 0 Å². The second-order valence-corrected chi connectivity index (χ2v) is 19.2. The highest BCUT2D eigenvalue weighted by Gasteiger charge is 2.48. The first-order valence-electron chi connectivity index (χ1n) is 22.4. The van der Waals surface area contributed by atoms with Crippen molar-refractivity contribution in [3.63, 3.8) is 0 Å². The van der Waals surface area contributed by atoms with E-state index in [4.69, 9.17) is 4.42 Å². The second kappa shape index (κ2) is 12.7. The van der Waals surface area contributed by atoms with Crippen LogP contribution in [0.25, 0.3) is 77.6 Å². The van der Waals surface area contributed by atoms with Crippen molar-refractivity contribution in [3.05, 3.63) is 238 Å². The van der Waals surface area contributed by atoms with Crippen LogP contribution in [-0.2, 0) is 16.2 Å². The van der Waals surface area contributed by atoms with Gasteiger partial charge in [0.25, 0.3) is 0 Å². The number of rotatable bonds is 4. The van der Waals surface area contributed by atoms with E-state index < -0.39 is 5.41 Å². The van der Waals surface area contributed by atoms with Gasteiger partial charge in [-0.05, 0) is 131 Å². The summed E-state index contributed by atoms with van der Waals surface area (Å²) >= 11 is 0. The molecule has 63 heavy (non-hydrogen) atoms. The van der Waals surface area contributed by atoms with Crippen molar-refractivity contribution >= 4 is 21.9 Å². The lowest BCUT2D eigenvalue weighted by atomic mass is 9.66. The summed E-state index contributed by atoms with van der Waals surface area (Å²) in [6.07, 6.45) is 0. The molecule has 0 N–H and O–H groups in total. The molecule has 10 aromatic rings. The molecule has 0 spiro atoms. The van der Waals surface area contributed by atoms with E-state index in [0.29, 0.717) is 0 Å². The summed E-state index contributed by atoms with van der Waals surface area (Å²) in [6.45, 7) is 11.7. The van der Waals surface area contributed by atoms with Crippen LogP contribution in [0.5, 0.6) is 0 Å². The van der Waals surface area contributed by atoms with Crippen LogP contribution in [0.2, 0.25) is 0 Å². The minimum atomic E-state index is -0.652. The highest BCUT2D eigenvalue weighted by atomic mass is 16.3. The molecule has 1 heteroatoms. The molecule has 0 aliphatic heterocycles. The fourth-order valence-corrected chi connectivity index (χ4v) is 12.4. The third-order valence-corrected chi connectivity index (χ3v) is 15.2. The van der Waals surface area contributed by atoms with E-state index in [1.807, 2.05) is 0 Å². The summed E-state index contributed by atoms with van der Waals surface area (Å²) < 4.78 is 6.63. The average molecular weight is 807 g/mol. The predicted molar refractivity (Wildman–Crippen MR) is 262 cm³/mol. The zero-order valence-electron chi connectivity index (χ0n) is 36.3. The van der Waals surface area contributed by atoms with Crippen LogP contribution in [0.15, 0.2) is 192 Å². The van der Waals surface area contributed by atoms with Gasteiger partial charge in [-0.1, -0.05) is 197 Å². The minimum absolute atomic E-state index is 0.0888. The summed E-state index contributed by atoms with van der Waals surface area (Å²) in [6, 6.07) is 71.1. The molecule has 0 atom stereocenters. The summed E-state index contributed by atoms with van der Waals surface area (Å²) in [7, 11) is 0. The van der Waals surface area contributed by atoms with Crippen molar-refractivity contribution in [2.45, 2.75) is 50.9 Å². The van der Waals surface area contributed by atoms with Crippen LogP contribution in [0.4, 0.5) is 0 Å². The molecule has 0 radical (unpaired) electrons. The van der Waals surface area contributed by atoms with E-state index in [1.54, 1.807) is 0 Å². The first kappa shape index (κ1) is 36.4. The fraction of sp³-hybridized carbons (Fsp3) is 0.129. The normalized spacial score (nSPS) is 15.4. The van der Waals surface area contributed by atoms with Crippen molar-refractivity contribution in [1.29, 1.82) is 0 Å². The summed E-state index contributed by atoms with van der Waals surface area (Å²) in [5.41, 5.74) is 25.8. The Labute approximate surface area is 369 Å². The molecular formula is C62H46O. The first-order chi connectivity index (χ1) is 30.7.